The van der Waals surface area contributed by atoms with Gasteiger partial charge in [-0.05, 0) is 81.2 Å². The molecule has 1 aliphatic carbocycles. The van der Waals surface area contributed by atoms with Crippen LogP contribution in [0.25, 0.3) is 5.57 Å². The van der Waals surface area contributed by atoms with Gasteiger partial charge in [-0.1, -0.05) is 37.4 Å². The van der Waals surface area contributed by atoms with Gasteiger partial charge >= 0.3 is 23.9 Å². The monoisotopic (exact) mass is 783 g/mol. The summed E-state index contributed by atoms with van der Waals surface area (Å²) in [6.45, 7) is 2.18. The van der Waals surface area contributed by atoms with Crippen molar-refractivity contribution >= 4 is 70.7 Å². The van der Waals surface area contributed by atoms with Crippen molar-refractivity contribution in [3.63, 3.8) is 0 Å². The summed E-state index contributed by atoms with van der Waals surface area (Å²) in [7, 11) is 5.78. The maximum Gasteiger partial charge on any atom is 0.369 e. The van der Waals surface area contributed by atoms with Gasteiger partial charge in [0.05, 0.1) is 5.69 Å². The van der Waals surface area contributed by atoms with Gasteiger partial charge < -0.3 is 44.6 Å². The molecule has 56 heavy (non-hydrogen) atoms. The molecule has 2 aliphatic rings. The van der Waals surface area contributed by atoms with Gasteiger partial charge in [-0.25, -0.2) is 14.2 Å². The van der Waals surface area contributed by atoms with Gasteiger partial charge in [0.2, 0.25) is 18.8 Å². The number of benzene rings is 3. The molecule has 0 unspecified atom stereocenters. The molecule has 1 aliphatic heterocycles. The first-order valence-electron chi connectivity index (χ1n) is 17.9. The lowest BCUT2D eigenvalue weighted by atomic mass is 9.89. The molecule has 1 heterocycles. The molecule has 3 aromatic rings. The van der Waals surface area contributed by atoms with Crippen molar-refractivity contribution in [3.8, 4) is 5.75 Å². The second kappa shape index (κ2) is 17.0. The summed E-state index contributed by atoms with van der Waals surface area (Å²) in [6.07, 6.45) is 5.33. The third-order valence-corrected chi connectivity index (χ3v) is 13.1. The van der Waals surface area contributed by atoms with E-state index in [2.05, 4.69) is 59.3 Å². The first kappa shape index (κ1) is 40.8. The normalized spacial score (nSPS) is 13.9. The highest BCUT2D eigenvalue weighted by atomic mass is 28.3. The van der Waals surface area contributed by atoms with Crippen molar-refractivity contribution in [2.24, 2.45) is 0 Å². The Kier molecular flexibility index (Phi) is 12.4. The number of para-hydroxylation sites is 2. The van der Waals surface area contributed by atoms with Crippen LogP contribution in [0.4, 0.5) is 17.1 Å². The number of hydrogen-bond acceptors (Lipinski definition) is 9. The summed E-state index contributed by atoms with van der Waals surface area (Å²) in [4.78, 5) is 52.3. The Bertz CT molecular complexity index is 2090. The predicted molar refractivity (Wildman–Crippen MR) is 217 cm³/mol. The number of ether oxygens (including phenoxy) is 2. The maximum absolute atomic E-state index is 11.9. The van der Waals surface area contributed by atoms with Gasteiger partial charge in [0.15, 0.2) is 5.76 Å². The molecule has 3 aromatic carbocycles. The SMILES string of the molecule is CN(C)c1ccc2c(c1)[Si](C)(C)c1cc(N(C)C)ccc1C2=C1C=CC(=[N+](CC(=O)O)CC(=O)O)C(OCCOc2ccccc2N(CC(=O)O)CC(=O)O)=C1. The molecule has 0 saturated heterocycles. The zero-order valence-electron chi connectivity index (χ0n) is 32.3. The molecule has 14 nitrogen and oxygen atoms in total. The number of aliphatic carboxylic acids is 4. The fourth-order valence-electron chi connectivity index (χ4n) is 6.99. The van der Waals surface area contributed by atoms with Crippen molar-refractivity contribution in [2.75, 3.05) is 82.3 Å². The van der Waals surface area contributed by atoms with Crippen LogP contribution in [0, 0.1) is 0 Å². The smallest absolute Gasteiger partial charge is 0.369 e. The Balaban J connectivity index is 1.61. The summed E-state index contributed by atoms with van der Waals surface area (Å²) >= 11 is 0. The van der Waals surface area contributed by atoms with Crippen LogP contribution >= 0.6 is 0 Å². The fraction of sp³-hybridized carbons (Fsp3) is 0.293. The predicted octanol–water partition coefficient (Wildman–Crippen LogP) is 2.90. The third-order valence-electron chi connectivity index (χ3n) is 9.62. The molecular formula is C41H47N4O10Si+. The van der Waals surface area contributed by atoms with Crippen LogP contribution in [0.5, 0.6) is 5.75 Å². The zero-order valence-corrected chi connectivity index (χ0v) is 33.3. The van der Waals surface area contributed by atoms with Gasteiger partial charge in [0.1, 0.15) is 40.1 Å². The second-order valence-electron chi connectivity index (χ2n) is 14.4. The summed E-state index contributed by atoms with van der Waals surface area (Å²) in [5, 5.41) is 40.8. The molecular weight excluding hydrogens is 737 g/mol. The lowest BCUT2D eigenvalue weighted by Crippen LogP contribution is -2.58. The van der Waals surface area contributed by atoms with E-state index in [1.54, 1.807) is 36.4 Å². The summed E-state index contributed by atoms with van der Waals surface area (Å²) in [5.74, 6) is -4.41. The molecule has 0 saturated carbocycles. The quantitative estimate of drug-likeness (QED) is 0.0948. The number of carbonyl (C=O) groups is 4. The standard InChI is InChI=1S/C41H46N4O10Si/c1-42(2)27-12-14-29-35(20-27)56(5,6)36-21-28(43(3)4)13-15-30(36)41(29)26-11-16-32(45(24-39(50)51)25-40(52)53)34(19-26)55-18-17-54-33-10-8-7-9-31(33)44(22-37(46)47)23-38(48)49/h7-16,19-21H,17-18,22-25H2,1-6H3,(H3-,46,47,48,49,50,51,52,53)/p+1. The molecule has 294 valence electrons. The molecule has 4 N–H and O–H groups in total. The fourth-order valence-corrected chi connectivity index (χ4v) is 10.1. The number of hydrogen-bond donors (Lipinski definition) is 4. The molecule has 0 amide bonds. The van der Waals surface area contributed by atoms with Crippen LogP contribution in [0.3, 0.4) is 0 Å². The molecule has 0 spiro atoms. The van der Waals surface area contributed by atoms with Crippen molar-refractivity contribution in [2.45, 2.75) is 13.1 Å². The molecule has 0 aromatic heterocycles. The largest absolute Gasteiger partial charge is 0.488 e. The lowest BCUT2D eigenvalue weighted by molar-refractivity contribution is -0.508. The van der Waals surface area contributed by atoms with Gasteiger partial charge in [-0.3, -0.25) is 9.59 Å². The van der Waals surface area contributed by atoms with Crippen LogP contribution in [-0.2, 0) is 23.9 Å². The Labute approximate surface area is 326 Å². The minimum atomic E-state index is -2.26. The van der Waals surface area contributed by atoms with E-state index in [-0.39, 0.29) is 36.1 Å². The molecule has 5 rings (SSSR count). The first-order valence-corrected chi connectivity index (χ1v) is 20.9. The highest BCUT2D eigenvalue weighted by molar-refractivity contribution is 7.02. The first-order chi connectivity index (χ1) is 26.5. The van der Waals surface area contributed by atoms with Crippen LogP contribution < -0.4 is 29.8 Å². The van der Waals surface area contributed by atoms with E-state index in [1.807, 2.05) is 34.3 Å². The molecule has 0 fully saturated rings. The van der Waals surface area contributed by atoms with Crippen molar-refractivity contribution in [1.29, 1.82) is 0 Å². The zero-order chi connectivity index (χ0) is 40.9. The number of carboxylic acids is 4. The molecule has 0 atom stereocenters. The maximum atomic E-state index is 11.9. The molecule has 15 heteroatoms. The average Bonchev–Trinajstić information content (AvgIpc) is 3.12. The van der Waals surface area contributed by atoms with Crippen molar-refractivity contribution in [3.05, 3.63) is 101 Å². The summed E-state index contributed by atoms with van der Waals surface area (Å²) in [5.41, 5.74) is 6.53. The molecule has 0 bridgehead atoms. The van der Waals surface area contributed by atoms with Gasteiger partial charge in [-0.2, -0.15) is 0 Å². The van der Waals surface area contributed by atoms with E-state index in [1.165, 1.54) is 19.8 Å². The second-order valence-corrected chi connectivity index (χ2v) is 18.7. The van der Waals surface area contributed by atoms with Gasteiger partial charge in [0, 0.05) is 45.6 Å². The number of rotatable bonds is 16. The van der Waals surface area contributed by atoms with E-state index in [9.17, 15) is 39.6 Å². The van der Waals surface area contributed by atoms with Gasteiger partial charge in [0.25, 0.3) is 0 Å². The van der Waals surface area contributed by atoms with Crippen molar-refractivity contribution in [1.82, 2.24) is 0 Å². The van der Waals surface area contributed by atoms with Crippen LogP contribution in [0.15, 0.2) is 90.2 Å². The number of allylic oxidation sites excluding steroid dienone is 4. The van der Waals surface area contributed by atoms with Crippen LogP contribution in [0.2, 0.25) is 13.1 Å². The highest BCUT2D eigenvalue weighted by Crippen LogP contribution is 2.37. The van der Waals surface area contributed by atoms with Crippen molar-refractivity contribution < 1.29 is 53.7 Å². The average molecular weight is 784 g/mol. The lowest BCUT2D eigenvalue weighted by Gasteiger charge is -2.37. The highest BCUT2D eigenvalue weighted by Gasteiger charge is 2.39. The van der Waals surface area contributed by atoms with E-state index in [4.69, 9.17) is 9.47 Å². The van der Waals surface area contributed by atoms with E-state index in [0.29, 0.717) is 0 Å². The Hall–Kier alpha value is -6.35. The summed E-state index contributed by atoms with van der Waals surface area (Å²) < 4.78 is 13.5. The van der Waals surface area contributed by atoms with E-state index in [0.717, 1.165) is 33.6 Å². The van der Waals surface area contributed by atoms with Gasteiger partial charge in [-0.15, -0.1) is 0 Å². The molecule has 0 radical (unpaired) electrons. The number of fused-ring (bicyclic) bond motifs is 2. The van der Waals surface area contributed by atoms with E-state index < -0.39 is 58.1 Å². The Morgan fingerprint density at radius 2 is 1.20 bits per heavy atom. The summed E-state index contributed by atoms with van der Waals surface area (Å²) in [6, 6.07) is 19.4. The number of nitrogens with zero attached hydrogens (tertiary/aromatic N) is 4. The van der Waals surface area contributed by atoms with Crippen LogP contribution in [0.1, 0.15) is 11.1 Å². The minimum Gasteiger partial charge on any atom is -0.488 e. The third kappa shape index (κ3) is 9.12. The topological polar surface area (TPSA) is 180 Å². The Morgan fingerprint density at radius 3 is 1.70 bits per heavy atom. The minimum absolute atomic E-state index is 0.0742. The number of anilines is 3. The number of carboxylic acid groups (broad SMARTS) is 4. The Morgan fingerprint density at radius 1 is 0.679 bits per heavy atom. The van der Waals surface area contributed by atoms with E-state index >= 15 is 0 Å². The van der Waals surface area contributed by atoms with Crippen LogP contribution in [-0.4, -0.2) is 130 Å².